The van der Waals surface area contributed by atoms with E-state index in [1.807, 2.05) is 0 Å². The summed E-state index contributed by atoms with van der Waals surface area (Å²) in [6, 6.07) is 10.5. The number of nitrogens with two attached hydrogens (primary N) is 1. The molecule has 1 aliphatic rings. The maximum atomic E-state index is 12.8. The molecule has 10 heteroatoms. The fourth-order valence-corrected chi connectivity index (χ4v) is 3.62. The Morgan fingerprint density at radius 2 is 1.82 bits per heavy atom. The summed E-state index contributed by atoms with van der Waals surface area (Å²) in [6.45, 7) is 2.81. The van der Waals surface area contributed by atoms with Gasteiger partial charge in [0.05, 0.1) is 16.1 Å². The molecule has 28 heavy (non-hydrogen) atoms. The first-order valence-electron chi connectivity index (χ1n) is 8.43. The molecule has 0 bridgehead atoms. The number of amides is 1. The molecule has 2 aromatic rings. The van der Waals surface area contributed by atoms with Gasteiger partial charge in [0, 0.05) is 18.7 Å². The van der Waals surface area contributed by atoms with Crippen molar-refractivity contribution in [2.24, 2.45) is 5.73 Å². The first-order chi connectivity index (χ1) is 12.9. The van der Waals surface area contributed by atoms with Gasteiger partial charge >= 0.3 is 0 Å². The number of sulfonamides is 1. The van der Waals surface area contributed by atoms with Crippen LogP contribution < -0.4 is 25.2 Å². The summed E-state index contributed by atoms with van der Waals surface area (Å²) in [5.41, 5.74) is 5.90. The van der Waals surface area contributed by atoms with Gasteiger partial charge in [0.2, 0.25) is 0 Å². The average molecular weight is 428 g/mol. The summed E-state index contributed by atoms with van der Waals surface area (Å²) < 4.78 is 38.9. The molecule has 4 N–H and O–H groups in total. The molecule has 0 unspecified atom stereocenters. The first kappa shape index (κ1) is 21.8. The van der Waals surface area contributed by atoms with Crippen LogP contribution in [0.5, 0.6) is 11.5 Å². The van der Waals surface area contributed by atoms with Gasteiger partial charge in [-0.25, -0.2) is 8.42 Å². The standard InChI is InChI=1S/C18H21N3O5S.ClH/c1-12(11-19)20-18(22)14-4-2-3-5-15(14)21-27(23,24)13-6-7-16-17(10-13)26-9-8-25-16;/h2-7,10,12,21H,8-9,11,19H2,1H3,(H,20,22);1H/t12-;/m0./s1. The van der Waals surface area contributed by atoms with Gasteiger partial charge in [-0.05, 0) is 31.2 Å². The van der Waals surface area contributed by atoms with Crippen LogP contribution in [0.1, 0.15) is 17.3 Å². The molecule has 0 aliphatic carbocycles. The molecule has 1 amide bonds. The van der Waals surface area contributed by atoms with Gasteiger partial charge in [0.25, 0.3) is 15.9 Å². The molecular weight excluding hydrogens is 406 g/mol. The molecule has 8 nitrogen and oxygen atoms in total. The van der Waals surface area contributed by atoms with Crippen molar-refractivity contribution in [1.29, 1.82) is 0 Å². The summed E-state index contributed by atoms with van der Waals surface area (Å²) in [7, 11) is -3.93. The van der Waals surface area contributed by atoms with Crippen LogP contribution in [0.3, 0.4) is 0 Å². The van der Waals surface area contributed by atoms with Crippen molar-refractivity contribution in [2.45, 2.75) is 17.9 Å². The summed E-state index contributed by atoms with van der Waals surface area (Å²) in [6.07, 6.45) is 0. The Bertz CT molecular complexity index is 952. The van der Waals surface area contributed by atoms with E-state index in [1.54, 1.807) is 31.2 Å². The highest BCUT2D eigenvalue weighted by molar-refractivity contribution is 7.92. The van der Waals surface area contributed by atoms with Crippen LogP contribution in [0.4, 0.5) is 5.69 Å². The van der Waals surface area contributed by atoms with Gasteiger partial charge < -0.3 is 20.5 Å². The number of anilines is 1. The number of halogens is 1. The molecule has 1 heterocycles. The lowest BCUT2D eigenvalue weighted by atomic mass is 10.1. The zero-order valence-electron chi connectivity index (χ0n) is 15.2. The SMILES string of the molecule is C[C@@H](CN)NC(=O)c1ccccc1NS(=O)(=O)c1ccc2c(c1)OCCO2.Cl. The number of hydrogen-bond acceptors (Lipinski definition) is 6. The molecule has 0 aromatic heterocycles. The number of rotatable bonds is 6. The Balaban J connectivity index is 0.00000280. The highest BCUT2D eigenvalue weighted by Crippen LogP contribution is 2.33. The number of carbonyl (C=O) groups is 1. The fourth-order valence-electron chi connectivity index (χ4n) is 2.53. The highest BCUT2D eigenvalue weighted by atomic mass is 35.5. The van der Waals surface area contributed by atoms with Gasteiger partial charge in [0.1, 0.15) is 13.2 Å². The Morgan fingerprint density at radius 3 is 2.54 bits per heavy atom. The van der Waals surface area contributed by atoms with Crippen molar-refractivity contribution in [3.05, 3.63) is 48.0 Å². The van der Waals surface area contributed by atoms with Crippen molar-refractivity contribution < 1.29 is 22.7 Å². The molecule has 1 atom stereocenters. The van der Waals surface area contributed by atoms with E-state index < -0.39 is 15.9 Å². The third-order valence-corrected chi connectivity index (χ3v) is 5.33. The van der Waals surface area contributed by atoms with Gasteiger partial charge in [-0.15, -0.1) is 12.4 Å². The monoisotopic (exact) mass is 427 g/mol. The topological polar surface area (TPSA) is 120 Å². The minimum absolute atomic E-state index is 0. The average Bonchev–Trinajstić information content (AvgIpc) is 2.67. The van der Waals surface area contributed by atoms with Crippen molar-refractivity contribution >= 4 is 34.0 Å². The third-order valence-electron chi connectivity index (χ3n) is 3.97. The van der Waals surface area contributed by atoms with Crippen LogP contribution in [-0.4, -0.2) is 40.1 Å². The van der Waals surface area contributed by atoms with Crippen LogP contribution in [0, 0.1) is 0 Å². The van der Waals surface area contributed by atoms with E-state index in [0.29, 0.717) is 24.7 Å². The first-order valence-corrected chi connectivity index (χ1v) is 9.91. The van der Waals surface area contributed by atoms with Crippen LogP contribution >= 0.6 is 12.4 Å². The summed E-state index contributed by atoms with van der Waals surface area (Å²) >= 11 is 0. The highest BCUT2D eigenvalue weighted by Gasteiger charge is 2.22. The molecule has 0 fully saturated rings. The number of hydrogen-bond donors (Lipinski definition) is 3. The number of carbonyl (C=O) groups excluding carboxylic acids is 1. The molecule has 3 rings (SSSR count). The van der Waals surface area contributed by atoms with Crippen LogP contribution in [0.15, 0.2) is 47.4 Å². The van der Waals surface area contributed by atoms with E-state index in [2.05, 4.69) is 10.0 Å². The quantitative estimate of drug-likeness (QED) is 0.646. The van der Waals surface area contributed by atoms with Gasteiger partial charge in [-0.3, -0.25) is 9.52 Å². The second kappa shape index (κ2) is 9.13. The summed E-state index contributed by atoms with van der Waals surface area (Å²) in [5, 5.41) is 2.72. The molecule has 152 valence electrons. The van der Waals surface area contributed by atoms with E-state index in [-0.39, 0.29) is 41.1 Å². The zero-order valence-corrected chi connectivity index (χ0v) is 16.8. The van der Waals surface area contributed by atoms with Crippen molar-refractivity contribution in [1.82, 2.24) is 5.32 Å². The van der Waals surface area contributed by atoms with E-state index >= 15 is 0 Å². The van der Waals surface area contributed by atoms with E-state index in [4.69, 9.17) is 15.2 Å². The maximum Gasteiger partial charge on any atom is 0.262 e. The molecule has 1 aliphatic heterocycles. The number of nitrogens with one attached hydrogen (secondary N) is 2. The minimum atomic E-state index is -3.93. The van der Waals surface area contributed by atoms with Crippen LogP contribution in [-0.2, 0) is 10.0 Å². The Kier molecular flexibility index (Phi) is 7.11. The van der Waals surface area contributed by atoms with Gasteiger partial charge in [-0.1, -0.05) is 12.1 Å². The molecule has 0 spiro atoms. The zero-order chi connectivity index (χ0) is 19.4. The van der Waals surface area contributed by atoms with Crippen LogP contribution in [0.25, 0.3) is 0 Å². The Morgan fingerprint density at radius 1 is 1.14 bits per heavy atom. The molecule has 0 saturated heterocycles. The number of para-hydroxylation sites is 1. The van der Waals surface area contributed by atoms with E-state index in [1.165, 1.54) is 18.2 Å². The number of benzene rings is 2. The maximum absolute atomic E-state index is 12.8. The Hall–Kier alpha value is -2.49. The predicted molar refractivity (Wildman–Crippen MR) is 108 cm³/mol. The van der Waals surface area contributed by atoms with E-state index in [0.717, 1.165) is 0 Å². The molecule has 0 radical (unpaired) electrons. The predicted octanol–water partition coefficient (Wildman–Crippen LogP) is 1.76. The summed E-state index contributed by atoms with van der Waals surface area (Å²) in [5.74, 6) is 0.455. The lowest BCUT2D eigenvalue weighted by molar-refractivity contribution is 0.0942. The smallest absolute Gasteiger partial charge is 0.262 e. The molecular formula is C18H22ClN3O5S. The van der Waals surface area contributed by atoms with Crippen molar-refractivity contribution in [2.75, 3.05) is 24.5 Å². The lowest BCUT2D eigenvalue weighted by Crippen LogP contribution is -2.38. The molecule has 2 aromatic carbocycles. The second-order valence-corrected chi connectivity index (χ2v) is 7.75. The number of ether oxygens (including phenoxy) is 2. The Labute approximate surface area is 169 Å². The molecule has 0 saturated carbocycles. The van der Waals surface area contributed by atoms with Gasteiger partial charge in [0.15, 0.2) is 11.5 Å². The normalized spacial score (nSPS) is 13.8. The van der Waals surface area contributed by atoms with Crippen molar-refractivity contribution in [3.63, 3.8) is 0 Å². The van der Waals surface area contributed by atoms with Crippen LogP contribution in [0.2, 0.25) is 0 Å². The lowest BCUT2D eigenvalue weighted by Gasteiger charge is -2.19. The van der Waals surface area contributed by atoms with Gasteiger partial charge in [-0.2, -0.15) is 0 Å². The number of fused-ring (bicyclic) bond motifs is 1. The van der Waals surface area contributed by atoms with E-state index in [9.17, 15) is 13.2 Å². The second-order valence-electron chi connectivity index (χ2n) is 6.07. The minimum Gasteiger partial charge on any atom is -0.486 e. The fraction of sp³-hybridized carbons (Fsp3) is 0.278. The summed E-state index contributed by atoms with van der Waals surface area (Å²) in [4.78, 5) is 12.4. The van der Waals surface area contributed by atoms with Crippen molar-refractivity contribution in [3.8, 4) is 11.5 Å². The third kappa shape index (κ3) is 4.86. The largest absolute Gasteiger partial charge is 0.486 e.